The molecule has 0 heterocycles. The van der Waals surface area contributed by atoms with Crippen LogP contribution in [-0.4, -0.2) is 10.7 Å². The molecule has 0 fully saturated rings. The first-order chi connectivity index (χ1) is 6.45. The van der Waals surface area contributed by atoms with Gasteiger partial charge in [-0.15, -0.1) is 0 Å². The van der Waals surface area contributed by atoms with Crippen LogP contribution in [0, 0.1) is 10.1 Å². The lowest BCUT2D eigenvalue weighted by molar-refractivity contribution is -0.384. The van der Waals surface area contributed by atoms with Gasteiger partial charge in [0.1, 0.15) is 5.02 Å². The van der Waals surface area contributed by atoms with E-state index in [1.165, 1.54) is 13.0 Å². The summed E-state index contributed by atoms with van der Waals surface area (Å²) >= 11 is 11.3. The molecule has 0 aliphatic carbocycles. The van der Waals surface area contributed by atoms with E-state index in [4.69, 9.17) is 23.2 Å². The topological polar surface area (TPSA) is 60.2 Å². The first-order valence-corrected chi connectivity index (χ1v) is 4.34. The van der Waals surface area contributed by atoms with E-state index in [2.05, 4.69) is 0 Å². The largest absolute Gasteiger partial charge is 0.294 e. The number of hydrogen-bond acceptors (Lipinski definition) is 3. The monoisotopic (exact) mass is 233 g/mol. The number of rotatable bonds is 2. The number of carbonyl (C=O) groups is 1. The summed E-state index contributed by atoms with van der Waals surface area (Å²) in [5.41, 5.74) is -0.121. The Bertz CT molecular complexity index is 378. The Labute approximate surface area is 89.6 Å². The summed E-state index contributed by atoms with van der Waals surface area (Å²) in [5, 5.41) is 10.2. The Kier molecular flexibility index (Phi) is 3.08. The van der Waals surface area contributed by atoms with Crippen molar-refractivity contribution in [2.45, 2.75) is 6.92 Å². The van der Waals surface area contributed by atoms with Crippen molar-refractivity contribution in [3.05, 3.63) is 37.9 Å². The highest BCUT2D eigenvalue weighted by atomic mass is 35.5. The molecule has 0 aliphatic heterocycles. The molecule has 6 heteroatoms. The van der Waals surface area contributed by atoms with E-state index in [0.717, 1.165) is 6.07 Å². The quantitative estimate of drug-likeness (QED) is 0.448. The summed E-state index contributed by atoms with van der Waals surface area (Å²) in [4.78, 5) is 20.8. The van der Waals surface area contributed by atoms with E-state index < -0.39 is 4.92 Å². The first-order valence-electron chi connectivity index (χ1n) is 3.58. The third kappa shape index (κ3) is 1.86. The fourth-order valence-corrected chi connectivity index (χ4v) is 1.48. The summed E-state index contributed by atoms with van der Waals surface area (Å²) in [6.45, 7) is 1.31. The van der Waals surface area contributed by atoms with Crippen LogP contribution in [0.1, 0.15) is 17.3 Å². The van der Waals surface area contributed by atoms with Gasteiger partial charge >= 0.3 is 0 Å². The van der Waals surface area contributed by atoms with Gasteiger partial charge in [0.25, 0.3) is 5.69 Å². The number of carbonyl (C=O) groups excluding carboxylic acids is 1. The van der Waals surface area contributed by atoms with Crippen LogP contribution in [0.2, 0.25) is 10.0 Å². The van der Waals surface area contributed by atoms with E-state index in [1.54, 1.807) is 0 Å². The predicted molar refractivity (Wildman–Crippen MR) is 53.1 cm³/mol. The maximum absolute atomic E-state index is 11.0. The second-order valence-corrected chi connectivity index (χ2v) is 3.33. The SMILES string of the molecule is CC(=O)c1ccc([N+](=O)[O-])c(Cl)c1Cl. The van der Waals surface area contributed by atoms with Crippen LogP contribution in [0.3, 0.4) is 0 Å². The first kappa shape index (κ1) is 10.9. The van der Waals surface area contributed by atoms with Crippen molar-refractivity contribution in [2.24, 2.45) is 0 Å². The lowest BCUT2D eigenvalue weighted by atomic mass is 10.1. The Balaban J connectivity index is 3.41. The van der Waals surface area contributed by atoms with Crippen molar-refractivity contribution in [2.75, 3.05) is 0 Å². The molecule has 14 heavy (non-hydrogen) atoms. The average molecular weight is 234 g/mol. The third-order valence-corrected chi connectivity index (χ3v) is 2.51. The van der Waals surface area contributed by atoms with Crippen LogP contribution in [0.4, 0.5) is 5.69 Å². The van der Waals surface area contributed by atoms with Gasteiger partial charge in [-0.2, -0.15) is 0 Å². The van der Waals surface area contributed by atoms with Crippen LogP contribution < -0.4 is 0 Å². The van der Waals surface area contributed by atoms with E-state index in [-0.39, 0.29) is 27.1 Å². The zero-order valence-electron chi connectivity index (χ0n) is 7.08. The van der Waals surface area contributed by atoms with Crippen molar-refractivity contribution in [3.63, 3.8) is 0 Å². The molecule has 4 nitrogen and oxygen atoms in total. The van der Waals surface area contributed by atoms with Gasteiger partial charge in [0.05, 0.1) is 9.95 Å². The van der Waals surface area contributed by atoms with Gasteiger partial charge in [-0.1, -0.05) is 23.2 Å². The van der Waals surface area contributed by atoms with Crippen molar-refractivity contribution in [1.82, 2.24) is 0 Å². The minimum atomic E-state index is -0.655. The third-order valence-electron chi connectivity index (χ3n) is 1.64. The molecule has 0 atom stereocenters. The predicted octanol–water partition coefficient (Wildman–Crippen LogP) is 3.10. The molecule has 0 radical (unpaired) electrons. The van der Waals surface area contributed by atoms with Gasteiger partial charge in [-0.3, -0.25) is 14.9 Å². The normalized spacial score (nSPS) is 9.93. The van der Waals surface area contributed by atoms with Crippen LogP contribution in [0.5, 0.6) is 0 Å². The highest BCUT2D eigenvalue weighted by molar-refractivity contribution is 6.45. The summed E-state index contributed by atoms with van der Waals surface area (Å²) in [5.74, 6) is -0.285. The summed E-state index contributed by atoms with van der Waals surface area (Å²) < 4.78 is 0. The van der Waals surface area contributed by atoms with Gasteiger partial charge in [-0.05, 0) is 13.0 Å². The van der Waals surface area contributed by atoms with Crippen LogP contribution in [-0.2, 0) is 0 Å². The van der Waals surface area contributed by atoms with Gasteiger partial charge in [-0.25, -0.2) is 0 Å². The highest BCUT2D eigenvalue weighted by Gasteiger charge is 2.19. The van der Waals surface area contributed by atoms with Crippen molar-refractivity contribution in [3.8, 4) is 0 Å². The van der Waals surface area contributed by atoms with Gasteiger partial charge in [0.15, 0.2) is 5.78 Å². The highest BCUT2D eigenvalue weighted by Crippen LogP contribution is 2.34. The molecule has 1 aromatic carbocycles. The lowest BCUT2D eigenvalue weighted by Gasteiger charge is -2.02. The Morgan fingerprint density at radius 2 is 1.93 bits per heavy atom. The molecular weight excluding hydrogens is 229 g/mol. The van der Waals surface area contributed by atoms with Crippen molar-refractivity contribution >= 4 is 34.7 Å². The number of benzene rings is 1. The number of Topliss-reactive ketones (excluding diaryl/α,β-unsaturated/α-hetero) is 1. The standard InChI is InChI=1S/C8H5Cl2NO3/c1-4(12)5-2-3-6(11(13)14)8(10)7(5)9/h2-3H,1H3. The Hall–Kier alpha value is -1.13. The zero-order chi connectivity index (χ0) is 10.9. The second kappa shape index (κ2) is 3.94. The lowest BCUT2D eigenvalue weighted by Crippen LogP contribution is -1.96. The fraction of sp³-hybridized carbons (Fsp3) is 0.125. The number of hydrogen-bond donors (Lipinski definition) is 0. The molecule has 0 spiro atoms. The number of nitro benzene ring substituents is 1. The molecule has 74 valence electrons. The van der Waals surface area contributed by atoms with E-state index in [9.17, 15) is 14.9 Å². The van der Waals surface area contributed by atoms with E-state index in [0.29, 0.717) is 0 Å². The van der Waals surface area contributed by atoms with Crippen LogP contribution >= 0.6 is 23.2 Å². The molecule has 0 saturated heterocycles. The van der Waals surface area contributed by atoms with E-state index in [1.807, 2.05) is 0 Å². The second-order valence-electron chi connectivity index (χ2n) is 2.57. The molecule has 0 amide bonds. The summed E-state index contributed by atoms with van der Waals surface area (Å²) in [6, 6.07) is 2.44. The van der Waals surface area contributed by atoms with Gasteiger partial charge < -0.3 is 0 Å². The van der Waals surface area contributed by atoms with Crippen molar-refractivity contribution < 1.29 is 9.72 Å². The molecule has 0 saturated carbocycles. The molecule has 1 rings (SSSR count). The van der Waals surface area contributed by atoms with Crippen LogP contribution in [0.25, 0.3) is 0 Å². The molecule has 0 unspecified atom stereocenters. The summed E-state index contributed by atoms with van der Waals surface area (Å²) in [7, 11) is 0. The minimum absolute atomic E-state index is 0.0756. The van der Waals surface area contributed by atoms with Gasteiger partial charge in [0.2, 0.25) is 0 Å². The zero-order valence-corrected chi connectivity index (χ0v) is 8.59. The number of halogens is 2. The molecular formula is C8H5Cl2NO3. The van der Waals surface area contributed by atoms with Crippen LogP contribution in [0.15, 0.2) is 12.1 Å². The van der Waals surface area contributed by atoms with Gasteiger partial charge in [0, 0.05) is 11.6 Å². The average Bonchev–Trinajstić information content (AvgIpc) is 2.08. The maximum atomic E-state index is 11.0. The Morgan fingerprint density at radius 1 is 1.36 bits per heavy atom. The molecule has 1 aromatic rings. The smallest absolute Gasteiger partial charge is 0.289 e. The fourth-order valence-electron chi connectivity index (χ4n) is 0.952. The minimum Gasteiger partial charge on any atom is -0.294 e. The molecule has 0 aliphatic rings. The Morgan fingerprint density at radius 3 is 2.36 bits per heavy atom. The number of nitrogens with zero attached hydrogens (tertiary/aromatic N) is 1. The maximum Gasteiger partial charge on any atom is 0.289 e. The molecule has 0 N–H and O–H groups in total. The molecule has 0 aromatic heterocycles. The summed E-state index contributed by atoms with van der Waals surface area (Å²) in [6.07, 6.45) is 0. The number of nitro groups is 1. The van der Waals surface area contributed by atoms with E-state index >= 15 is 0 Å². The number of ketones is 1. The van der Waals surface area contributed by atoms with Crippen molar-refractivity contribution in [1.29, 1.82) is 0 Å². The molecule has 0 bridgehead atoms.